The second-order valence-electron chi connectivity index (χ2n) is 7.40. The van der Waals surface area contributed by atoms with Crippen molar-refractivity contribution in [2.45, 2.75) is 58.1 Å². The summed E-state index contributed by atoms with van der Waals surface area (Å²) < 4.78 is 12.0. The van der Waals surface area contributed by atoms with Gasteiger partial charge in [0, 0.05) is 6.20 Å². The zero-order chi connectivity index (χ0) is 19.9. The molecule has 0 atom stereocenters. The lowest BCUT2D eigenvalue weighted by atomic mass is 9.79. The van der Waals surface area contributed by atoms with Crippen molar-refractivity contribution < 1.29 is 19.1 Å². The van der Waals surface area contributed by atoms with Crippen LogP contribution in [0.1, 0.15) is 54.8 Å². The van der Waals surface area contributed by atoms with Crippen molar-refractivity contribution in [1.29, 1.82) is 0 Å². The van der Waals surface area contributed by atoms with Crippen molar-refractivity contribution in [3.63, 3.8) is 0 Å². The molecule has 0 spiro atoms. The van der Waals surface area contributed by atoms with E-state index in [4.69, 9.17) is 4.74 Å². The number of benzene rings is 1. The van der Waals surface area contributed by atoms with E-state index in [-0.39, 0.29) is 17.9 Å². The van der Waals surface area contributed by atoms with Crippen LogP contribution in [-0.2, 0) is 32.2 Å². The number of aryl methyl sites for hydroxylation is 2. The molecule has 1 aliphatic rings. The van der Waals surface area contributed by atoms with E-state index in [2.05, 4.69) is 9.84 Å². The molecule has 1 aliphatic carbocycles. The van der Waals surface area contributed by atoms with Gasteiger partial charge < -0.3 is 9.47 Å². The van der Waals surface area contributed by atoms with Gasteiger partial charge in [-0.2, -0.15) is 5.10 Å². The molecule has 1 aromatic heterocycles. The minimum Gasteiger partial charge on any atom is -0.469 e. The summed E-state index contributed by atoms with van der Waals surface area (Å²) in [4.78, 5) is 23.7. The van der Waals surface area contributed by atoms with Gasteiger partial charge in [0.2, 0.25) is 0 Å². The molecular formula is C22H28N2O4. The number of methoxy groups -OCH3 is 1. The first-order valence-corrected chi connectivity index (χ1v) is 9.88. The summed E-state index contributed by atoms with van der Waals surface area (Å²) in [5, 5.41) is 4.53. The first kappa shape index (κ1) is 20.1. The topological polar surface area (TPSA) is 70.4 Å². The van der Waals surface area contributed by atoms with Crippen molar-refractivity contribution in [3.8, 4) is 0 Å². The zero-order valence-corrected chi connectivity index (χ0v) is 16.6. The van der Waals surface area contributed by atoms with Crippen LogP contribution in [0.25, 0.3) is 0 Å². The Labute approximate surface area is 165 Å². The highest BCUT2D eigenvalue weighted by Crippen LogP contribution is 2.37. The van der Waals surface area contributed by atoms with Crippen LogP contribution in [0.15, 0.2) is 36.5 Å². The van der Waals surface area contributed by atoms with E-state index in [1.807, 2.05) is 48.1 Å². The second kappa shape index (κ2) is 9.53. The molecule has 6 heteroatoms. The first-order chi connectivity index (χ1) is 13.6. The average Bonchev–Trinajstić information content (AvgIpc) is 3.11. The molecule has 1 heterocycles. The third-order valence-corrected chi connectivity index (χ3v) is 5.48. The molecule has 150 valence electrons. The fraction of sp³-hybridized carbons (Fsp3) is 0.500. The smallest absolute Gasteiger partial charge is 0.309 e. The normalized spacial score (nSPS) is 19.2. The number of rotatable bonds is 7. The Hall–Kier alpha value is -2.63. The predicted octanol–water partition coefficient (Wildman–Crippen LogP) is 3.77. The van der Waals surface area contributed by atoms with E-state index in [0.29, 0.717) is 25.5 Å². The van der Waals surface area contributed by atoms with Gasteiger partial charge in [-0.15, -0.1) is 0 Å². The molecule has 0 unspecified atom stereocenters. The Morgan fingerprint density at radius 2 is 1.86 bits per heavy atom. The molecule has 0 amide bonds. The lowest BCUT2D eigenvalue weighted by molar-refractivity contribution is -0.151. The van der Waals surface area contributed by atoms with Gasteiger partial charge in [0.25, 0.3) is 0 Å². The molecule has 1 aromatic carbocycles. The molecule has 0 N–H and O–H groups in total. The maximum absolute atomic E-state index is 12.4. The third kappa shape index (κ3) is 5.21. The minimum absolute atomic E-state index is 0.0189. The van der Waals surface area contributed by atoms with E-state index in [1.54, 1.807) is 0 Å². The van der Waals surface area contributed by atoms with Crippen LogP contribution in [0, 0.1) is 12.8 Å². The molecule has 1 fully saturated rings. The predicted molar refractivity (Wildman–Crippen MR) is 105 cm³/mol. The fourth-order valence-corrected chi connectivity index (χ4v) is 3.84. The second-order valence-corrected chi connectivity index (χ2v) is 7.40. The van der Waals surface area contributed by atoms with Gasteiger partial charge in [-0.25, -0.2) is 0 Å². The van der Waals surface area contributed by atoms with Crippen LogP contribution in [-0.4, -0.2) is 28.8 Å². The molecule has 1 saturated carbocycles. The quantitative estimate of drug-likeness (QED) is 0.680. The van der Waals surface area contributed by atoms with Crippen molar-refractivity contribution in [1.82, 2.24) is 9.78 Å². The number of hydrogen-bond acceptors (Lipinski definition) is 5. The van der Waals surface area contributed by atoms with E-state index < -0.39 is 0 Å². The fourth-order valence-electron chi connectivity index (χ4n) is 3.84. The van der Waals surface area contributed by atoms with Crippen molar-refractivity contribution in [3.05, 3.63) is 53.3 Å². The Balaban J connectivity index is 1.49. The molecule has 3 rings (SSSR count). The highest BCUT2D eigenvalue weighted by Gasteiger charge is 2.29. The standard InChI is InChI=1S/C22H28N2O4/c1-16-20(14-24(23-16)13-12-21(25)27-2)18-8-10-19(11-9-18)22(26)28-15-17-6-4-3-5-7-17/h3-7,14,18-19H,8-13,15H2,1-2H3/t18-,19+. The summed E-state index contributed by atoms with van der Waals surface area (Å²) in [5.74, 6) is 0.0664. The molecule has 28 heavy (non-hydrogen) atoms. The van der Waals surface area contributed by atoms with Gasteiger partial charge in [-0.1, -0.05) is 30.3 Å². The Kier molecular flexibility index (Phi) is 6.85. The highest BCUT2D eigenvalue weighted by atomic mass is 16.5. The van der Waals surface area contributed by atoms with E-state index in [9.17, 15) is 9.59 Å². The number of aromatic nitrogens is 2. The SMILES string of the molecule is COC(=O)CCn1cc([C@H]2CC[C@@H](C(=O)OCc3ccccc3)CC2)c(C)n1. The van der Waals surface area contributed by atoms with Crippen LogP contribution < -0.4 is 0 Å². The Bertz CT molecular complexity index is 792. The maximum atomic E-state index is 12.4. The molecule has 2 aromatic rings. The monoisotopic (exact) mass is 384 g/mol. The summed E-state index contributed by atoms with van der Waals surface area (Å²) >= 11 is 0. The number of esters is 2. The van der Waals surface area contributed by atoms with Gasteiger partial charge in [0.1, 0.15) is 6.61 Å². The average molecular weight is 384 g/mol. The number of carbonyl (C=O) groups excluding carboxylic acids is 2. The zero-order valence-electron chi connectivity index (χ0n) is 16.6. The number of hydrogen-bond donors (Lipinski definition) is 0. The molecule has 0 aliphatic heterocycles. The molecule has 0 radical (unpaired) electrons. The van der Waals surface area contributed by atoms with Crippen molar-refractivity contribution in [2.75, 3.05) is 7.11 Å². The van der Waals surface area contributed by atoms with Crippen molar-refractivity contribution in [2.24, 2.45) is 5.92 Å². The van der Waals surface area contributed by atoms with Crippen LogP contribution in [0.4, 0.5) is 0 Å². The maximum Gasteiger partial charge on any atom is 0.309 e. The molecule has 0 bridgehead atoms. The number of ether oxygens (including phenoxy) is 2. The van der Waals surface area contributed by atoms with Crippen LogP contribution in [0.5, 0.6) is 0 Å². The first-order valence-electron chi connectivity index (χ1n) is 9.88. The minimum atomic E-state index is -0.232. The van der Waals surface area contributed by atoms with Gasteiger partial charge in [-0.3, -0.25) is 14.3 Å². The van der Waals surface area contributed by atoms with Crippen molar-refractivity contribution >= 4 is 11.9 Å². The lowest BCUT2D eigenvalue weighted by Gasteiger charge is -2.27. The van der Waals surface area contributed by atoms with Crippen LogP contribution in [0.2, 0.25) is 0 Å². The molecule has 6 nitrogen and oxygen atoms in total. The van der Waals surface area contributed by atoms with Gasteiger partial charge in [-0.05, 0) is 49.7 Å². The van der Waals surface area contributed by atoms with Gasteiger partial charge in [0.15, 0.2) is 0 Å². The lowest BCUT2D eigenvalue weighted by Crippen LogP contribution is -2.23. The van der Waals surface area contributed by atoms with Crippen LogP contribution in [0.3, 0.4) is 0 Å². The summed E-state index contributed by atoms with van der Waals surface area (Å²) in [6, 6.07) is 9.77. The third-order valence-electron chi connectivity index (χ3n) is 5.48. The summed E-state index contributed by atoms with van der Waals surface area (Å²) in [5.41, 5.74) is 3.24. The Morgan fingerprint density at radius 1 is 1.14 bits per heavy atom. The van der Waals surface area contributed by atoms with Gasteiger partial charge >= 0.3 is 11.9 Å². The summed E-state index contributed by atoms with van der Waals surface area (Å²) in [6.07, 6.45) is 5.94. The highest BCUT2D eigenvalue weighted by molar-refractivity contribution is 5.72. The Morgan fingerprint density at radius 3 is 2.54 bits per heavy atom. The molecule has 0 saturated heterocycles. The molecular weight excluding hydrogens is 356 g/mol. The van der Waals surface area contributed by atoms with E-state index in [0.717, 1.165) is 36.9 Å². The van der Waals surface area contributed by atoms with Crippen LogP contribution >= 0.6 is 0 Å². The van der Waals surface area contributed by atoms with E-state index >= 15 is 0 Å². The summed E-state index contributed by atoms with van der Waals surface area (Å²) in [6.45, 7) is 2.87. The number of nitrogens with zero attached hydrogens (tertiary/aromatic N) is 2. The van der Waals surface area contributed by atoms with E-state index in [1.165, 1.54) is 12.7 Å². The van der Waals surface area contributed by atoms with Gasteiger partial charge in [0.05, 0.1) is 31.7 Å². The number of carbonyl (C=O) groups is 2. The summed E-state index contributed by atoms with van der Waals surface area (Å²) in [7, 11) is 1.39. The largest absolute Gasteiger partial charge is 0.469 e.